The molecule has 0 bridgehead atoms. The summed E-state index contributed by atoms with van der Waals surface area (Å²) in [7, 11) is -7.59. The Morgan fingerprint density at radius 3 is 2.23 bits per heavy atom. The summed E-state index contributed by atoms with van der Waals surface area (Å²) in [6.07, 6.45) is 3.08. The largest absolute Gasteiger partial charge is 0.322 e. The fourth-order valence-corrected chi connectivity index (χ4v) is 6.17. The Kier molecular flexibility index (Phi) is 6.88. The lowest BCUT2D eigenvalue weighted by atomic mass is 10.1. The highest BCUT2D eigenvalue weighted by Crippen LogP contribution is 2.24. The van der Waals surface area contributed by atoms with Crippen molar-refractivity contribution < 1.29 is 21.6 Å². The lowest BCUT2D eigenvalue weighted by molar-refractivity contribution is 0.102. The molecule has 0 atom stereocenters. The number of hydrogen-bond acceptors (Lipinski definition) is 7. The molecule has 10 nitrogen and oxygen atoms in total. The number of hydrogen-bond donors (Lipinski definition) is 2. The van der Waals surface area contributed by atoms with Crippen LogP contribution in [0.2, 0.25) is 0 Å². The van der Waals surface area contributed by atoms with E-state index in [0.29, 0.717) is 30.0 Å². The molecule has 0 aliphatic carbocycles. The minimum Gasteiger partial charge on any atom is -0.322 e. The number of carbonyl (C=O) groups is 1. The molecule has 0 unspecified atom stereocenters. The van der Waals surface area contributed by atoms with Crippen LogP contribution in [0, 0.1) is 13.8 Å². The van der Waals surface area contributed by atoms with Crippen LogP contribution in [0.25, 0.3) is 0 Å². The number of amides is 1. The van der Waals surface area contributed by atoms with Gasteiger partial charge in [0, 0.05) is 36.2 Å². The van der Waals surface area contributed by atoms with Crippen LogP contribution in [-0.4, -0.2) is 50.1 Å². The summed E-state index contributed by atoms with van der Waals surface area (Å²) in [6, 6.07) is 11.7. The van der Waals surface area contributed by atoms with Gasteiger partial charge < -0.3 is 5.32 Å². The summed E-state index contributed by atoms with van der Waals surface area (Å²) in [4.78, 5) is 20.9. The van der Waals surface area contributed by atoms with Crippen molar-refractivity contribution in [3.05, 3.63) is 71.5 Å². The number of sulfonamides is 2. The molecular weight excluding hydrogens is 490 g/mol. The monoisotopic (exact) mass is 515 g/mol. The first-order valence-corrected chi connectivity index (χ1v) is 13.8. The molecule has 2 aromatic carbocycles. The topological polar surface area (TPSA) is 138 Å². The fraction of sp³-hybridized carbons (Fsp3) is 0.261. The van der Waals surface area contributed by atoms with E-state index in [4.69, 9.17) is 0 Å². The normalized spacial score (nSPS) is 14.6. The number of rotatable bonds is 7. The molecule has 0 radical (unpaired) electrons. The molecule has 2 N–H and O–H groups in total. The van der Waals surface area contributed by atoms with Crippen LogP contribution < -0.4 is 10.0 Å². The first kappa shape index (κ1) is 24.8. The zero-order valence-corrected chi connectivity index (χ0v) is 20.9. The Bertz CT molecular complexity index is 1470. The first-order valence-electron chi connectivity index (χ1n) is 10.9. The highest BCUT2D eigenvalue weighted by molar-refractivity contribution is 7.92. The van der Waals surface area contributed by atoms with Crippen LogP contribution in [0.15, 0.2) is 64.5 Å². The summed E-state index contributed by atoms with van der Waals surface area (Å²) < 4.78 is 54.7. The second kappa shape index (κ2) is 9.72. The lowest BCUT2D eigenvalue weighted by Gasteiger charge is -2.17. The SMILES string of the molecule is Cc1ccnc(NS(=O)(=O)c2ccc(NC(=O)c3cc(S(=O)(=O)N4CCCC4)ccc3C)cc2)n1. The summed E-state index contributed by atoms with van der Waals surface area (Å²) in [5.74, 6) is -0.538. The Hall–Kier alpha value is -3.35. The molecule has 1 amide bonds. The van der Waals surface area contributed by atoms with E-state index in [0.717, 1.165) is 12.8 Å². The van der Waals surface area contributed by atoms with E-state index in [1.165, 1.54) is 46.9 Å². The number of nitrogens with zero attached hydrogens (tertiary/aromatic N) is 3. The summed E-state index contributed by atoms with van der Waals surface area (Å²) in [5.41, 5.74) is 1.81. The first-order chi connectivity index (χ1) is 16.6. The Morgan fingerprint density at radius 2 is 1.57 bits per heavy atom. The van der Waals surface area contributed by atoms with Gasteiger partial charge >= 0.3 is 0 Å². The maximum atomic E-state index is 12.9. The van der Waals surface area contributed by atoms with Crippen LogP contribution in [0.3, 0.4) is 0 Å². The van der Waals surface area contributed by atoms with Gasteiger partial charge in [-0.05, 0) is 74.7 Å². The van der Waals surface area contributed by atoms with E-state index in [-0.39, 0.29) is 21.3 Å². The quantitative estimate of drug-likeness (QED) is 0.493. The van der Waals surface area contributed by atoms with Gasteiger partial charge in [-0.1, -0.05) is 6.07 Å². The van der Waals surface area contributed by atoms with Gasteiger partial charge in [0.25, 0.3) is 15.9 Å². The van der Waals surface area contributed by atoms with Crippen LogP contribution >= 0.6 is 0 Å². The third-order valence-electron chi connectivity index (χ3n) is 5.60. The molecule has 1 aromatic heterocycles. The van der Waals surface area contributed by atoms with E-state index >= 15 is 0 Å². The number of benzene rings is 2. The van der Waals surface area contributed by atoms with Crippen molar-refractivity contribution in [3.63, 3.8) is 0 Å². The van der Waals surface area contributed by atoms with E-state index in [1.54, 1.807) is 26.0 Å². The number of anilines is 2. The summed E-state index contributed by atoms with van der Waals surface area (Å²) in [6.45, 7) is 4.38. The fourth-order valence-electron chi connectivity index (χ4n) is 3.68. The van der Waals surface area contributed by atoms with Crippen molar-refractivity contribution in [1.82, 2.24) is 14.3 Å². The van der Waals surface area contributed by atoms with E-state index < -0.39 is 26.0 Å². The number of nitrogens with one attached hydrogen (secondary N) is 2. The standard InChI is InChI=1S/C23H25N5O5S2/c1-16-5-8-20(35(32,33)28-13-3-4-14-28)15-21(16)22(29)26-18-6-9-19(10-7-18)34(30,31)27-23-24-12-11-17(2)25-23/h5-12,15H,3-4,13-14H2,1-2H3,(H,26,29)(H,24,25,27). The summed E-state index contributed by atoms with van der Waals surface area (Å²) in [5, 5.41) is 2.70. The minimum atomic E-state index is -3.92. The minimum absolute atomic E-state index is 0.0320. The maximum absolute atomic E-state index is 12.9. The van der Waals surface area contributed by atoms with Gasteiger partial charge in [0.2, 0.25) is 16.0 Å². The molecule has 4 rings (SSSR count). The van der Waals surface area contributed by atoms with E-state index in [1.807, 2.05) is 0 Å². The average Bonchev–Trinajstić information content (AvgIpc) is 3.35. The summed E-state index contributed by atoms with van der Waals surface area (Å²) >= 11 is 0. The Morgan fingerprint density at radius 1 is 0.914 bits per heavy atom. The molecule has 1 aliphatic rings. The smallest absolute Gasteiger partial charge is 0.264 e. The van der Waals surface area contributed by atoms with Gasteiger partial charge in [-0.2, -0.15) is 4.31 Å². The Labute approximate surface area is 204 Å². The highest BCUT2D eigenvalue weighted by Gasteiger charge is 2.28. The van der Waals surface area contributed by atoms with Gasteiger partial charge in [-0.25, -0.2) is 31.5 Å². The zero-order valence-electron chi connectivity index (χ0n) is 19.2. The van der Waals surface area contributed by atoms with Crippen LogP contribution in [0.5, 0.6) is 0 Å². The van der Waals surface area contributed by atoms with Crippen LogP contribution in [-0.2, 0) is 20.0 Å². The van der Waals surface area contributed by atoms with Gasteiger partial charge in [-0.3, -0.25) is 4.79 Å². The molecule has 1 fully saturated rings. The van der Waals surface area contributed by atoms with Gasteiger partial charge in [0.15, 0.2) is 0 Å². The molecule has 1 aliphatic heterocycles. The number of aryl methyl sites for hydroxylation is 2. The van der Waals surface area contributed by atoms with Crippen LogP contribution in [0.1, 0.15) is 34.5 Å². The zero-order chi connectivity index (χ0) is 25.2. The number of aromatic nitrogens is 2. The second-order valence-electron chi connectivity index (χ2n) is 8.19. The van der Waals surface area contributed by atoms with Crippen molar-refractivity contribution in [1.29, 1.82) is 0 Å². The predicted molar refractivity (Wildman–Crippen MR) is 131 cm³/mol. The lowest BCUT2D eigenvalue weighted by Crippen LogP contribution is -2.28. The van der Waals surface area contributed by atoms with Crippen LogP contribution in [0.4, 0.5) is 11.6 Å². The number of carbonyl (C=O) groups excluding carboxylic acids is 1. The molecule has 1 saturated heterocycles. The molecular formula is C23H25N5O5S2. The molecule has 35 heavy (non-hydrogen) atoms. The second-order valence-corrected chi connectivity index (χ2v) is 11.8. The van der Waals surface area contributed by atoms with E-state index in [2.05, 4.69) is 20.0 Å². The highest BCUT2D eigenvalue weighted by atomic mass is 32.2. The third-order valence-corrected chi connectivity index (χ3v) is 8.84. The van der Waals surface area contributed by atoms with Gasteiger partial charge in [0.1, 0.15) is 0 Å². The molecule has 12 heteroatoms. The van der Waals surface area contributed by atoms with E-state index in [9.17, 15) is 21.6 Å². The third kappa shape index (κ3) is 5.50. The van der Waals surface area contributed by atoms with Crippen molar-refractivity contribution in [2.24, 2.45) is 0 Å². The maximum Gasteiger partial charge on any atom is 0.264 e. The van der Waals surface area contributed by atoms with Gasteiger partial charge in [-0.15, -0.1) is 0 Å². The Balaban J connectivity index is 1.50. The molecule has 0 saturated carbocycles. The van der Waals surface area contributed by atoms with Crippen molar-refractivity contribution in [2.45, 2.75) is 36.5 Å². The molecule has 2 heterocycles. The van der Waals surface area contributed by atoms with Crippen molar-refractivity contribution in [3.8, 4) is 0 Å². The van der Waals surface area contributed by atoms with Gasteiger partial charge in [0.05, 0.1) is 9.79 Å². The van der Waals surface area contributed by atoms with Crippen molar-refractivity contribution in [2.75, 3.05) is 23.1 Å². The average molecular weight is 516 g/mol. The van der Waals surface area contributed by atoms with Crippen molar-refractivity contribution >= 4 is 37.6 Å². The molecule has 184 valence electrons. The predicted octanol–water partition coefficient (Wildman–Crippen LogP) is 2.93. The molecule has 3 aromatic rings. The molecule has 0 spiro atoms.